The monoisotopic (exact) mass is 248 g/mol. The number of rotatable bonds is 2. The number of ether oxygens (including phenoxy) is 1. The van der Waals surface area contributed by atoms with Gasteiger partial charge in [-0.15, -0.1) is 0 Å². The van der Waals surface area contributed by atoms with E-state index >= 15 is 0 Å². The summed E-state index contributed by atoms with van der Waals surface area (Å²) in [6.45, 7) is 4.01. The Morgan fingerprint density at radius 3 is 2.65 bits per heavy atom. The smallest absolute Gasteiger partial charge is 0.244 e. The second-order valence-electron chi connectivity index (χ2n) is 3.90. The van der Waals surface area contributed by atoms with Gasteiger partial charge in [0.15, 0.2) is 0 Å². The number of benzene rings is 1. The van der Waals surface area contributed by atoms with Gasteiger partial charge in [0, 0.05) is 0 Å². The molecule has 0 saturated carbocycles. The number of nitrogens with zero attached hydrogens (tertiary/aromatic N) is 1. The Morgan fingerprint density at radius 1 is 1.18 bits per heavy atom. The summed E-state index contributed by atoms with van der Waals surface area (Å²) in [5.74, 6) is 1.07. The van der Waals surface area contributed by atoms with Crippen molar-refractivity contribution in [2.24, 2.45) is 0 Å². The Morgan fingerprint density at radius 2 is 1.94 bits per heavy atom. The zero-order chi connectivity index (χ0) is 12.4. The standard InChI is InChI=1S/C13H13ClN2O/c1-8-3-5-11(9(2)7-8)17-13-10(15)4-6-12(14)16-13/h3-7H,15H2,1-2H3. The molecule has 0 amide bonds. The van der Waals surface area contributed by atoms with Crippen molar-refractivity contribution >= 4 is 17.3 Å². The first-order valence-electron chi connectivity index (χ1n) is 5.23. The molecule has 0 saturated heterocycles. The zero-order valence-corrected chi connectivity index (χ0v) is 10.5. The number of aromatic nitrogens is 1. The molecule has 17 heavy (non-hydrogen) atoms. The molecule has 0 fully saturated rings. The van der Waals surface area contributed by atoms with Crippen LogP contribution in [0.1, 0.15) is 11.1 Å². The number of halogens is 1. The molecule has 0 bridgehead atoms. The van der Waals surface area contributed by atoms with Crippen LogP contribution in [0.5, 0.6) is 11.6 Å². The molecular weight excluding hydrogens is 236 g/mol. The third-order valence-corrected chi connectivity index (χ3v) is 2.60. The van der Waals surface area contributed by atoms with Gasteiger partial charge in [-0.25, -0.2) is 0 Å². The van der Waals surface area contributed by atoms with Crippen molar-refractivity contribution in [1.82, 2.24) is 4.98 Å². The normalized spacial score (nSPS) is 10.3. The zero-order valence-electron chi connectivity index (χ0n) is 9.70. The lowest BCUT2D eigenvalue weighted by Crippen LogP contribution is -1.96. The number of hydrogen-bond donors (Lipinski definition) is 1. The van der Waals surface area contributed by atoms with Gasteiger partial charge in [0.2, 0.25) is 5.88 Å². The number of nitrogens with two attached hydrogens (primary N) is 1. The third-order valence-electron chi connectivity index (χ3n) is 2.39. The van der Waals surface area contributed by atoms with Crippen molar-refractivity contribution in [3.8, 4) is 11.6 Å². The van der Waals surface area contributed by atoms with E-state index < -0.39 is 0 Å². The van der Waals surface area contributed by atoms with E-state index in [1.54, 1.807) is 12.1 Å². The van der Waals surface area contributed by atoms with Crippen LogP contribution in [0.25, 0.3) is 0 Å². The molecule has 2 aromatic rings. The van der Waals surface area contributed by atoms with Crippen molar-refractivity contribution in [2.45, 2.75) is 13.8 Å². The van der Waals surface area contributed by atoms with Crippen molar-refractivity contribution in [1.29, 1.82) is 0 Å². The van der Waals surface area contributed by atoms with Crippen LogP contribution in [0, 0.1) is 13.8 Å². The molecule has 0 atom stereocenters. The molecule has 0 unspecified atom stereocenters. The van der Waals surface area contributed by atoms with Gasteiger partial charge < -0.3 is 10.5 Å². The molecule has 4 heteroatoms. The molecule has 88 valence electrons. The summed E-state index contributed by atoms with van der Waals surface area (Å²) in [6.07, 6.45) is 0. The van der Waals surface area contributed by atoms with Gasteiger partial charge >= 0.3 is 0 Å². The highest BCUT2D eigenvalue weighted by molar-refractivity contribution is 6.29. The van der Waals surface area contributed by atoms with Crippen LogP contribution in [0.2, 0.25) is 5.15 Å². The van der Waals surface area contributed by atoms with E-state index in [-0.39, 0.29) is 0 Å². The molecular formula is C13H13ClN2O. The van der Waals surface area contributed by atoms with E-state index in [2.05, 4.69) is 4.98 Å². The van der Waals surface area contributed by atoms with E-state index in [1.165, 1.54) is 5.56 Å². The molecule has 0 spiro atoms. The minimum absolute atomic E-state index is 0.337. The van der Waals surface area contributed by atoms with Crippen molar-refractivity contribution in [3.05, 3.63) is 46.6 Å². The van der Waals surface area contributed by atoms with E-state index in [0.717, 1.165) is 11.3 Å². The quantitative estimate of drug-likeness (QED) is 0.824. The highest BCUT2D eigenvalue weighted by Gasteiger charge is 2.07. The first kappa shape index (κ1) is 11.7. The highest BCUT2D eigenvalue weighted by Crippen LogP contribution is 2.29. The second kappa shape index (κ2) is 4.63. The minimum Gasteiger partial charge on any atom is -0.437 e. The molecule has 0 aliphatic heterocycles. The topological polar surface area (TPSA) is 48.1 Å². The van der Waals surface area contributed by atoms with Gasteiger partial charge in [0.25, 0.3) is 0 Å². The molecule has 0 radical (unpaired) electrons. The number of aryl methyl sites for hydroxylation is 2. The van der Waals surface area contributed by atoms with Gasteiger partial charge in [-0.1, -0.05) is 29.3 Å². The molecule has 1 aromatic heterocycles. The fourth-order valence-corrected chi connectivity index (χ4v) is 1.67. The Balaban J connectivity index is 2.34. The van der Waals surface area contributed by atoms with E-state index in [4.69, 9.17) is 22.1 Å². The van der Waals surface area contributed by atoms with Crippen molar-refractivity contribution < 1.29 is 4.74 Å². The number of pyridine rings is 1. The summed E-state index contributed by atoms with van der Waals surface area (Å²) in [7, 11) is 0. The summed E-state index contributed by atoms with van der Waals surface area (Å²) in [6, 6.07) is 9.21. The van der Waals surface area contributed by atoms with E-state index in [9.17, 15) is 0 Å². The summed E-state index contributed by atoms with van der Waals surface area (Å²) in [4.78, 5) is 4.05. The average molecular weight is 249 g/mol. The third kappa shape index (κ3) is 2.68. The van der Waals surface area contributed by atoms with Gasteiger partial charge in [-0.3, -0.25) is 0 Å². The van der Waals surface area contributed by atoms with Gasteiger partial charge in [-0.2, -0.15) is 4.98 Å². The van der Waals surface area contributed by atoms with Crippen LogP contribution in [0.15, 0.2) is 30.3 Å². The first-order chi connectivity index (χ1) is 8.06. The minimum atomic E-state index is 0.337. The summed E-state index contributed by atoms with van der Waals surface area (Å²) in [5.41, 5.74) is 8.45. The number of anilines is 1. The fraction of sp³-hybridized carbons (Fsp3) is 0.154. The van der Waals surface area contributed by atoms with Gasteiger partial charge in [0.1, 0.15) is 10.9 Å². The van der Waals surface area contributed by atoms with Crippen molar-refractivity contribution in [3.63, 3.8) is 0 Å². The lowest BCUT2D eigenvalue weighted by atomic mass is 10.1. The molecule has 0 aliphatic rings. The Hall–Kier alpha value is -1.74. The summed E-state index contributed by atoms with van der Waals surface area (Å²) < 4.78 is 5.66. The SMILES string of the molecule is Cc1ccc(Oc2nc(Cl)ccc2N)c(C)c1. The van der Waals surface area contributed by atoms with Crippen LogP contribution in [-0.4, -0.2) is 4.98 Å². The molecule has 3 nitrogen and oxygen atoms in total. The molecule has 1 heterocycles. The summed E-state index contributed by atoms with van der Waals surface area (Å²) in [5, 5.41) is 0.360. The Bertz CT molecular complexity index is 555. The van der Waals surface area contributed by atoms with E-state index in [0.29, 0.717) is 16.7 Å². The Kier molecular flexibility index (Phi) is 3.20. The Labute approximate surface area is 105 Å². The van der Waals surface area contributed by atoms with Crippen LogP contribution in [0.3, 0.4) is 0 Å². The molecule has 1 aromatic carbocycles. The molecule has 2 rings (SSSR count). The fourth-order valence-electron chi connectivity index (χ4n) is 1.53. The largest absolute Gasteiger partial charge is 0.437 e. The van der Waals surface area contributed by atoms with Gasteiger partial charge in [0.05, 0.1) is 5.69 Å². The predicted octanol–water partition coefficient (Wildman–Crippen LogP) is 3.73. The summed E-state index contributed by atoms with van der Waals surface area (Å²) >= 11 is 5.80. The maximum absolute atomic E-state index is 5.80. The molecule has 2 N–H and O–H groups in total. The first-order valence-corrected chi connectivity index (χ1v) is 5.61. The second-order valence-corrected chi connectivity index (χ2v) is 4.29. The van der Waals surface area contributed by atoms with Gasteiger partial charge in [-0.05, 0) is 37.6 Å². The maximum Gasteiger partial charge on any atom is 0.244 e. The van der Waals surface area contributed by atoms with Crippen molar-refractivity contribution in [2.75, 3.05) is 5.73 Å². The lowest BCUT2D eigenvalue weighted by Gasteiger charge is -2.10. The molecule has 0 aliphatic carbocycles. The van der Waals surface area contributed by atoms with Crippen LogP contribution >= 0.6 is 11.6 Å². The lowest BCUT2D eigenvalue weighted by molar-refractivity contribution is 0.462. The number of nitrogen functional groups attached to an aromatic ring is 1. The average Bonchev–Trinajstić information content (AvgIpc) is 2.27. The van der Waals surface area contributed by atoms with Crippen LogP contribution < -0.4 is 10.5 Å². The van der Waals surface area contributed by atoms with Crippen LogP contribution in [-0.2, 0) is 0 Å². The maximum atomic E-state index is 5.80. The highest BCUT2D eigenvalue weighted by atomic mass is 35.5. The predicted molar refractivity (Wildman–Crippen MR) is 69.6 cm³/mol. The number of hydrogen-bond acceptors (Lipinski definition) is 3. The van der Waals surface area contributed by atoms with E-state index in [1.807, 2.05) is 32.0 Å². The van der Waals surface area contributed by atoms with Crippen LogP contribution in [0.4, 0.5) is 5.69 Å².